The van der Waals surface area contributed by atoms with Gasteiger partial charge in [0.05, 0.1) is 19.9 Å². The molecule has 0 heterocycles. The Balaban J connectivity index is 1.84. The molecule has 0 fully saturated rings. The number of hydrazone groups is 1. The van der Waals surface area contributed by atoms with Crippen molar-refractivity contribution >= 4 is 34.0 Å². The van der Waals surface area contributed by atoms with E-state index in [1.54, 1.807) is 31.4 Å². The van der Waals surface area contributed by atoms with Gasteiger partial charge < -0.3 is 10.1 Å². The lowest BCUT2D eigenvalue weighted by Gasteiger charge is -2.05. The number of methoxy groups -OCH3 is 1. The van der Waals surface area contributed by atoms with Gasteiger partial charge in [-0.25, -0.2) is 5.43 Å². The van der Waals surface area contributed by atoms with Gasteiger partial charge in [0.2, 0.25) is 0 Å². The Morgan fingerprint density at radius 3 is 2.60 bits per heavy atom. The van der Waals surface area contributed by atoms with E-state index in [2.05, 4.69) is 31.8 Å². The maximum atomic E-state index is 11.9. The van der Waals surface area contributed by atoms with E-state index < -0.39 is 5.91 Å². The van der Waals surface area contributed by atoms with E-state index in [0.717, 1.165) is 15.6 Å². The number of hydrogen-bond donors (Lipinski definition) is 2. The molecule has 7 heteroatoms. The highest BCUT2D eigenvalue weighted by atomic mass is 79.9. The van der Waals surface area contributed by atoms with E-state index >= 15 is 0 Å². The lowest BCUT2D eigenvalue weighted by Crippen LogP contribution is -2.34. The second kappa shape index (κ2) is 8.98. The average Bonchev–Trinajstić information content (AvgIpc) is 2.62. The zero-order valence-corrected chi connectivity index (χ0v) is 15.5. The van der Waals surface area contributed by atoms with Crippen molar-refractivity contribution in [1.29, 1.82) is 0 Å². The molecule has 2 aromatic carbocycles. The number of nitrogens with one attached hydrogen (secondary N) is 2. The summed E-state index contributed by atoms with van der Waals surface area (Å²) in [6, 6.07) is 12.5. The molecule has 0 aromatic heterocycles. The quantitative estimate of drug-likeness (QED) is 0.574. The lowest BCUT2D eigenvalue weighted by molar-refractivity contribution is -0.120. The summed E-state index contributed by atoms with van der Waals surface area (Å²) < 4.78 is 5.95. The number of rotatable bonds is 6. The molecule has 0 aliphatic carbocycles. The molecule has 0 atom stereocenters. The molecule has 25 heavy (non-hydrogen) atoms. The van der Waals surface area contributed by atoms with Crippen molar-refractivity contribution in [3.8, 4) is 5.75 Å². The molecular formula is C18H18BrN3O3. The molecule has 0 aliphatic rings. The minimum Gasteiger partial charge on any atom is -0.497 e. The van der Waals surface area contributed by atoms with Crippen molar-refractivity contribution in [3.05, 3.63) is 63.6 Å². The van der Waals surface area contributed by atoms with Crippen LogP contribution in [0.25, 0.3) is 0 Å². The summed E-state index contributed by atoms with van der Waals surface area (Å²) in [5, 5.41) is 6.42. The SMILES string of the molecule is COc1ccc(Br)c(/C=N/NC(=O)CNC(=O)c2ccc(C)cc2)c1. The molecule has 6 nitrogen and oxygen atoms in total. The van der Waals surface area contributed by atoms with Crippen LogP contribution in [0.15, 0.2) is 52.0 Å². The van der Waals surface area contributed by atoms with Crippen molar-refractivity contribution < 1.29 is 14.3 Å². The van der Waals surface area contributed by atoms with Crippen LogP contribution in [0.5, 0.6) is 5.75 Å². The molecule has 0 saturated carbocycles. The Hall–Kier alpha value is -2.67. The minimum atomic E-state index is -0.421. The monoisotopic (exact) mass is 403 g/mol. The first-order valence-corrected chi connectivity index (χ1v) is 8.29. The van der Waals surface area contributed by atoms with Crippen molar-refractivity contribution in [1.82, 2.24) is 10.7 Å². The summed E-state index contributed by atoms with van der Waals surface area (Å²) in [7, 11) is 1.57. The van der Waals surface area contributed by atoms with Crippen LogP contribution in [0.1, 0.15) is 21.5 Å². The average molecular weight is 404 g/mol. The predicted octanol–water partition coefficient (Wildman–Crippen LogP) is 2.65. The standard InChI is InChI=1S/C18H18BrN3O3/c1-12-3-5-13(6-4-12)18(24)20-11-17(23)22-21-10-14-9-15(25-2)7-8-16(14)19/h3-10H,11H2,1-2H3,(H,20,24)(H,22,23)/b21-10+. The third-order valence-corrected chi connectivity index (χ3v) is 4.04. The van der Waals surface area contributed by atoms with Crippen LogP contribution >= 0.6 is 15.9 Å². The molecule has 0 saturated heterocycles. The van der Waals surface area contributed by atoms with Crippen molar-refractivity contribution in [3.63, 3.8) is 0 Å². The van der Waals surface area contributed by atoms with E-state index in [4.69, 9.17) is 4.74 Å². The number of carbonyl (C=O) groups is 2. The summed E-state index contributed by atoms with van der Waals surface area (Å²) >= 11 is 3.39. The molecule has 2 rings (SSSR count). The third-order valence-electron chi connectivity index (χ3n) is 3.32. The van der Waals surface area contributed by atoms with E-state index in [9.17, 15) is 9.59 Å². The van der Waals surface area contributed by atoms with Gasteiger partial charge in [-0.15, -0.1) is 0 Å². The Morgan fingerprint density at radius 2 is 1.92 bits per heavy atom. The van der Waals surface area contributed by atoms with Gasteiger partial charge in [-0.1, -0.05) is 33.6 Å². The van der Waals surface area contributed by atoms with Gasteiger partial charge in [-0.05, 0) is 37.3 Å². The summed E-state index contributed by atoms with van der Waals surface area (Å²) in [5.41, 5.74) is 4.68. The van der Waals surface area contributed by atoms with Crippen LogP contribution in [0.4, 0.5) is 0 Å². The highest BCUT2D eigenvalue weighted by Gasteiger charge is 2.07. The molecule has 0 unspecified atom stereocenters. The van der Waals surface area contributed by atoms with E-state index in [1.165, 1.54) is 6.21 Å². The zero-order chi connectivity index (χ0) is 18.2. The lowest BCUT2D eigenvalue weighted by atomic mass is 10.1. The van der Waals surface area contributed by atoms with Gasteiger partial charge in [0, 0.05) is 15.6 Å². The predicted molar refractivity (Wildman–Crippen MR) is 99.9 cm³/mol. The molecule has 0 bridgehead atoms. The summed E-state index contributed by atoms with van der Waals surface area (Å²) in [6.45, 7) is 1.77. The molecule has 2 N–H and O–H groups in total. The van der Waals surface area contributed by atoms with Crippen molar-refractivity contribution in [2.45, 2.75) is 6.92 Å². The molecule has 0 spiro atoms. The van der Waals surface area contributed by atoms with Gasteiger partial charge in [-0.2, -0.15) is 5.10 Å². The molecule has 2 amide bonds. The van der Waals surface area contributed by atoms with Crippen molar-refractivity contribution in [2.24, 2.45) is 5.10 Å². The van der Waals surface area contributed by atoms with Gasteiger partial charge in [0.25, 0.3) is 11.8 Å². The van der Waals surface area contributed by atoms with Gasteiger partial charge in [-0.3, -0.25) is 9.59 Å². The number of amides is 2. The van der Waals surface area contributed by atoms with Gasteiger partial charge in [0.15, 0.2) is 0 Å². The maximum absolute atomic E-state index is 11.9. The highest BCUT2D eigenvalue weighted by molar-refractivity contribution is 9.10. The molecular weight excluding hydrogens is 386 g/mol. The fourth-order valence-corrected chi connectivity index (χ4v) is 2.28. The smallest absolute Gasteiger partial charge is 0.259 e. The number of hydrogen-bond acceptors (Lipinski definition) is 4. The number of ether oxygens (including phenoxy) is 1. The second-order valence-electron chi connectivity index (χ2n) is 5.23. The first kappa shape index (κ1) is 18.7. The highest BCUT2D eigenvalue weighted by Crippen LogP contribution is 2.20. The number of benzene rings is 2. The number of carbonyl (C=O) groups excluding carboxylic acids is 2. The summed E-state index contributed by atoms with van der Waals surface area (Å²) in [6.07, 6.45) is 1.49. The van der Waals surface area contributed by atoms with Crippen LogP contribution in [0.2, 0.25) is 0 Å². The van der Waals surface area contributed by atoms with Crippen molar-refractivity contribution in [2.75, 3.05) is 13.7 Å². The number of halogens is 1. The summed E-state index contributed by atoms with van der Waals surface area (Å²) in [4.78, 5) is 23.7. The second-order valence-corrected chi connectivity index (χ2v) is 6.08. The minimum absolute atomic E-state index is 0.163. The fraction of sp³-hybridized carbons (Fsp3) is 0.167. The van der Waals surface area contributed by atoms with Gasteiger partial charge >= 0.3 is 0 Å². The first-order chi connectivity index (χ1) is 12.0. The maximum Gasteiger partial charge on any atom is 0.259 e. The largest absolute Gasteiger partial charge is 0.497 e. The molecule has 130 valence electrons. The Bertz CT molecular complexity index is 789. The summed E-state index contributed by atoms with van der Waals surface area (Å²) in [5.74, 6) is -0.0493. The van der Waals surface area contributed by atoms with E-state index in [0.29, 0.717) is 11.3 Å². The van der Waals surface area contributed by atoms with Crippen LogP contribution in [0.3, 0.4) is 0 Å². The number of nitrogens with zero attached hydrogens (tertiary/aromatic N) is 1. The van der Waals surface area contributed by atoms with Gasteiger partial charge in [0.1, 0.15) is 5.75 Å². The van der Waals surface area contributed by atoms with Crippen LogP contribution in [-0.2, 0) is 4.79 Å². The number of aryl methyl sites for hydroxylation is 1. The zero-order valence-electron chi connectivity index (χ0n) is 13.9. The van der Waals surface area contributed by atoms with E-state index in [-0.39, 0.29) is 12.5 Å². The van der Waals surface area contributed by atoms with E-state index in [1.807, 2.05) is 25.1 Å². The van der Waals surface area contributed by atoms with Crippen LogP contribution in [-0.4, -0.2) is 31.7 Å². The van der Waals surface area contributed by atoms with Crippen LogP contribution < -0.4 is 15.5 Å². The molecule has 0 aliphatic heterocycles. The Labute approximate surface area is 154 Å². The Morgan fingerprint density at radius 1 is 1.20 bits per heavy atom. The fourth-order valence-electron chi connectivity index (χ4n) is 1.93. The molecule has 0 radical (unpaired) electrons. The van der Waals surface area contributed by atoms with Crippen LogP contribution in [0, 0.1) is 6.92 Å². The normalized spacial score (nSPS) is 10.5. The molecule has 2 aromatic rings. The first-order valence-electron chi connectivity index (χ1n) is 7.50. The Kier molecular flexibility index (Phi) is 6.71. The third kappa shape index (κ3) is 5.72. The topological polar surface area (TPSA) is 79.8 Å².